The van der Waals surface area contributed by atoms with Crippen molar-refractivity contribution in [2.24, 2.45) is 0 Å². The highest BCUT2D eigenvalue weighted by molar-refractivity contribution is 7.92. The van der Waals surface area contributed by atoms with Crippen molar-refractivity contribution in [2.75, 3.05) is 45.8 Å². The van der Waals surface area contributed by atoms with Gasteiger partial charge in [0.2, 0.25) is 0 Å². The smallest absolute Gasteiger partial charge is 0.183 e. The number of ether oxygens (including phenoxy) is 2. The summed E-state index contributed by atoms with van der Waals surface area (Å²) >= 11 is 0. The number of methoxy groups -OCH3 is 2. The van der Waals surface area contributed by atoms with Crippen LogP contribution in [0.15, 0.2) is 46.2 Å². The second-order valence-corrected chi connectivity index (χ2v) is 12.2. The van der Waals surface area contributed by atoms with Gasteiger partial charge in [0, 0.05) is 12.8 Å². The maximum Gasteiger partial charge on any atom is 0.183 e. The number of nitrogen functional groups attached to an aromatic ring is 1. The van der Waals surface area contributed by atoms with Crippen molar-refractivity contribution < 1.29 is 26.3 Å². The Bertz CT molecular complexity index is 1170. The summed E-state index contributed by atoms with van der Waals surface area (Å²) in [5, 5.41) is -0.536. The highest BCUT2D eigenvalue weighted by Gasteiger charge is 2.32. The Morgan fingerprint density at radius 3 is 2.19 bits per heavy atom. The van der Waals surface area contributed by atoms with Crippen molar-refractivity contribution >= 4 is 25.4 Å². The molecule has 32 heavy (non-hydrogen) atoms. The third-order valence-electron chi connectivity index (χ3n) is 5.85. The molecular weight excluding hydrogens is 452 g/mol. The monoisotopic (exact) mass is 482 g/mol. The van der Waals surface area contributed by atoms with Gasteiger partial charge in [0.25, 0.3) is 0 Å². The van der Waals surface area contributed by atoms with Crippen LogP contribution in [0.4, 0.5) is 5.69 Å². The van der Waals surface area contributed by atoms with Crippen LogP contribution in [0.1, 0.15) is 18.4 Å². The van der Waals surface area contributed by atoms with Gasteiger partial charge in [-0.15, -0.1) is 0 Å². The number of rotatable bonds is 8. The first-order valence-corrected chi connectivity index (χ1v) is 13.8. The van der Waals surface area contributed by atoms with Gasteiger partial charge in [-0.25, -0.2) is 16.8 Å². The minimum Gasteiger partial charge on any atom is -0.493 e. The predicted octanol–water partition coefficient (Wildman–Crippen LogP) is 2.17. The van der Waals surface area contributed by atoms with Crippen LogP contribution < -0.4 is 15.2 Å². The highest BCUT2D eigenvalue weighted by Crippen LogP contribution is 2.31. The van der Waals surface area contributed by atoms with E-state index in [-0.39, 0.29) is 15.5 Å². The Morgan fingerprint density at radius 1 is 0.969 bits per heavy atom. The van der Waals surface area contributed by atoms with E-state index in [0.29, 0.717) is 37.4 Å². The van der Waals surface area contributed by atoms with Crippen molar-refractivity contribution in [1.29, 1.82) is 0 Å². The van der Waals surface area contributed by atoms with Crippen LogP contribution in [0, 0.1) is 0 Å². The maximum absolute atomic E-state index is 13.1. The van der Waals surface area contributed by atoms with E-state index in [0.717, 1.165) is 24.8 Å². The van der Waals surface area contributed by atoms with Crippen LogP contribution in [-0.2, 0) is 26.1 Å². The lowest BCUT2D eigenvalue weighted by atomic mass is 10.1. The van der Waals surface area contributed by atoms with Gasteiger partial charge in [0.1, 0.15) is 0 Å². The van der Waals surface area contributed by atoms with Crippen molar-refractivity contribution in [3.8, 4) is 11.5 Å². The molecule has 1 heterocycles. The Labute approximate surface area is 190 Å². The van der Waals surface area contributed by atoms with Crippen LogP contribution in [0.2, 0.25) is 0 Å². The second kappa shape index (κ2) is 9.68. The Kier molecular flexibility index (Phi) is 7.36. The van der Waals surface area contributed by atoms with E-state index >= 15 is 0 Å². The predicted molar refractivity (Wildman–Crippen MR) is 124 cm³/mol. The average molecular weight is 483 g/mol. The van der Waals surface area contributed by atoms with Gasteiger partial charge in [0.15, 0.2) is 31.2 Å². The van der Waals surface area contributed by atoms with E-state index in [1.165, 1.54) is 18.2 Å². The minimum absolute atomic E-state index is 0.00804. The van der Waals surface area contributed by atoms with Crippen molar-refractivity contribution in [1.82, 2.24) is 4.90 Å². The summed E-state index contributed by atoms with van der Waals surface area (Å²) in [5.41, 5.74) is 7.02. The molecule has 0 spiro atoms. The molecule has 3 rings (SSSR count). The van der Waals surface area contributed by atoms with E-state index in [4.69, 9.17) is 15.2 Å². The molecule has 0 amide bonds. The summed E-state index contributed by atoms with van der Waals surface area (Å²) in [6.45, 7) is 2.14. The quantitative estimate of drug-likeness (QED) is 0.569. The molecule has 0 atom stereocenters. The van der Waals surface area contributed by atoms with Gasteiger partial charge in [-0.1, -0.05) is 6.07 Å². The number of likely N-dealkylation sites (tertiary alicyclic amines) is 1. The molecule has 2 aromatic rings. The first-order chi connectivity index (χ1) is 15.1. The third kappa shape index (κ3) is 5.36. The lowest BCUT2D eigenvalue weighted by molar-refractivity contribution is 0.232. The van der Waals surface area contributed by atoms with Gasteiger partial charge in [-0.05, 0) is 68.2 Å². The number of piperidine rings is 1. The summed E-state index contributed by atoms with van der Waals surface area (Å²) in [6.07, 6.45) is 2.88. The summed E-state index contributed by atoms with van der Waals surface area (Å²) in [5.74, 6) is 1.38. The zero-order valence-corrected chi connectivity index (χ0v) is 20.2. The molecule has 1 aliphatic heterocycles. The van der Waals surface area contributed by atoms with Gasteiger partial charge < -0.3 is 20.1 Å². The van der Waals surface area contributed by atoms with Crippen LogP contribution >= 0.6 is 0 Å². The van der Waals surface area contributed by atoms with Gasteiger partial charge in [0.05, 0.1) is 34.9 Å². The van der Waals surface area contributed by atoms with E-state index in [2.05, 4.69) is 4.90 Å². The number of anilines is 1. The summed E-state index contributed by atoms with van der Waals surface area (Å²) in [7, 11) is -3.89. The molecule has 1 fully saturated rings. The Balaban J connectivity index is 1.62. The number of hydrogen-bond donors (Lipinski definition) is 1. The largest absolute Gasteiger partial charge is 0.493 e. The molecule has 2 aromatic carbocycles. The maximum atomic E-state index is 13.1. The fourth-order valence-electron chi connectivity index (χ4n) is 3.96. The molecule has 176 valence electrons. The molecule has 0 aromatic heterocycles. The zero-order chi connectivity index (χ0) is 23.5. The Morgan fingerprint density at radius 2 is 1.62 bits per heavy atom. The number of benzene rings is 2. The normalized spacial score (nSPS) is 16.1. The number of hydrogen-bond acceptors (Lipinski definition) is 8. The third-order valence-corrected chi connectivity index (χ3v) is 9.30. The topological polar surface area (TPSA) is 116 Å². The van der Waals surface area contributed by atoms with Gasteiger partial charge in [-0.3, -0.25) is 0 Å². The lowest BCUT2D eigenvalue weighted by Gasteiger charge is -2.32. The van der Waals surface area contributed by atoms with Crippen LogP contribution in [-0.4, -0.2) is 67.1 Å². The highest BCUT2D eigenvalue weighted by atomic mass is 32.2. The molecule has 0 aliphatic carbocycles. The zero-order valence-electron chi connectivity index (χ0n) is 18.6. The van der Waals surface area contributed by atoms with Crippen LogP contribution in [0.5, 0.6) is 11.5 Å². The summed E-state index contributed by atoms with van der Waals surface area (Å²) in [4.78, 5) is 2.27. The fourth-order valence-corrected chi connectivity index (χ4v) is 6.45. The molecular formula is C22H30N2O6S2. The molecule has 0 saturated carbocycles. The Hall–Kier alpha value is -2.30. The fraction of sp³-hybridized carbons (Fsp3) is 0.455. The van der Waals surface area contributed by atoms with Crippen molar-refractivity contribution in [3.05, 3.63) is 42.0 Å². The van der Waals surface area contributed by atoms with E-state index < -0.39 is 24.9 Å². The van der Waals surface area contributed by atoms with Crippen molar-refractivity contribution in [2.45, 2.75) is 34.3 Å². The molecule has 0 unspecified atom stereocenters. The first kappa shape index (κ1) is 24.3. The lowest BCUT2D eigenvalue weighted by Crippen LogP contribution is -2.40. The SMILES string of the molecule is COc1ccc(CCN2CCC(S(=O)(=O)c3ccc(S(C)(=O)=O)cc3N)CC2)cc1OC. The molecule has 2 N–H and O–H groups in total. The van der Waals surface area contributed by atoms with E-state index in [1.54, 1.807) is 14.2 Å². The molecule has 1 saturated heterocycles. The molecule has 0 bridgehead atoms. The van der Waals surface area contributed by atoms with Crippen LogP contribution in [0.3, 0.4) is 0 Å². The molecule has 10 heteroatoms. The van der Waals surface area contributed by atoms with Crippen LogP contribution in [0.25, 0.3) is 0 Å². The molecule has 0 radical (unpaired) electrons. The minimum atomic E-state index is -3.64. The summed E-state index contributed by atoms with van der Waals surface area (Å²) in [6, 6.07) is 9.68. The van der Waals surface area contributed by atoms with E-state index in [1.807, 2.05) is 18.2 Å². The number of sulfone groups is 2. The first-order valence-electron chi connectivity index (χ1n) is 10.3. The number of nitrogens with zero attached hydrogens (tertiary/aromatic N) is 1. The average Bonchev–Trinajstić information content (AvgIpc) is 2.76. The van der Waals surface area contributed by atoms with Gasteiger partial charge in [-0.2, -0.15) is 0 Å². The molecule has 8 nitrogen and oxygen atoms in total. The number of nitrogens with two attached hydrogens (primary N) is 1. The van der Waals surface area contributed by atoms with Gasteiger partial charge >= 0.3 is 0 Å². The summed E-state index contributed by atoms with van der Waals surface area (Å²) < 4.78 is 60.2. The second-order valence-electron chi connectivity index (χ2n) is 8.00. The molecule has 1 aliphatic rings. The van der Waals surface area contributed by atoms with E-state index in [9.17, 15) is 16.8 Å². The van der Waals surface area contributed by atoms with Crippen molar-refractivity contribution in [3.63, 3.8) is 0 Å². The standard InChI is InChI=1S/C22H30N2O6S2/c1-29-20-6-4-16(14-21(20)30-2)8-11-24-12-9-17(10-13-24)32(27,28)22-7-5-18(15-19(22)23)31(3,25)26/h4-7,14-15,17H,8-13,23H2,1-3H3.